The molecule has 0 heterocycles. The molecule has 1 rings (SSSR count). The SMILES string of the molecule is CC[C@@H](C)OC(=O)N[C@@H](Cc1ccc(Cl)cc1)C(=O)O. The predicted octanol–water partition coefficient (Wildman–Crippen LogP) is 2.86. The highest BCUT2D eigenvalue weighted by Gasteiger charge is 2.21. The molecule has 0 aliphatic carbocycles. The van der Waals surface area contributed by atoms with Crippen molar-refractivity contribution < 1.29 is 19.4 Å². The fraction of sp³-hybridized carbons (Fsp3) is 0.429. The standard InChI is InChI=1S/C14H18ClNO4/c1-3-9(2)20-14(19)16-12(13(17)18)8-10-4-6-11(15)7-5-10/h4-7,9,12H,3,8H2,1-2H3,(H,16,19)(H,17,18)/t9-,12+/m1/s1. The summed E-state index contributed by atoms with van der Waals surface area (Å²) in [7, 11) is 0. The highest BCUT2D eigenvalue weighted by Crippen LogP contribution is 2.11. The van der Waals surface area contributed by atoms with Gasteiger partial charge in [-0.25, -0.2) is 9.59 Å². The lowest BCUT2D eigenvalue weighted by molar-refractivity contribution is -0.139. The average Bonchev–Trinajstić information content (AvgIpc) is 2.40. The number of carbonyl (C=O) groups is 2. The van der Waals surface area contributed by atoms with E-state index in [1.807, 2.05) is 6.92 Å². The first-order valence-electron chi connectivity index (χ1n) is 6.36. The van der Waals surface area contributed by atoms with E-state index in [0.717, 1.165) is 5.56 Å². The molecule has 0 aromatic heterocycles. The van der Waals surface area contributed by atoms with Crippen LogP contribution >= 0.6 is 11.6 Å². The largest absolute Gasteiger partial charge is 0.480 e. The zero-order chi connectivity index (χ0) is 15.1. The van der Waals surface area contributed by atoms with Crippen LogP contribution in [0.3, 0.4) is 0 Å². The monoisotopic (exact) mass is 299 g/mol. The maximum absolute atomic E-state index is 11.6. The normalized spacial score (nSPS) is 13.3. The zero-order valence-corrected chi connectivity index (χ0v) is 12.2. The molecule has 0 fully saturated rings. The molecule has 0 bridgehead atoms. The lowest BCUT2D eigenvalue weighted by Gasteiger charge is -2.17. The van der Waals surface area contributed by atoms with Crippen molar-refractivity contribution in [3.8, 4) is 0 Å². The molecule has 20 heavy (non-hydrogen) atoms. The Bertz CT molecular complexity index is 461. The zero-order valence-electron chi connectivity index (χ0n) is 11.4. The summed E-state index contributed by atoms with van der Waals surface area (Å²) in [6.07, 6.45) is -0.134. The first kappa shape index (κ1) is 16.3. The third kappa shape index (κ3) is 5.48. The van der Waals surface area contributed by atoms with Crippen LogP contribution in [0.15, 0.2) is 24.3 Å². The van der Waals surface area contributed by atoms with Crippen LogP contribution in [0.5, 0.6) is 0 Å². The van der Waals surface area contributed by atoms with Gasteiger partial charge in [0.25, 0.3) is 0 Å². The number of nitrogens with one attached hydrogen (secondary N) is 1. The lowest BCUT2D eigenvalue weighted by Crippen LogP contribution is -2.43. The third-order valence-electron chi connectivity index (χ3n) is 2.83. The number of carboxylic acids is 1. The number of hydrogen-bond donors (Lipinski definition) is 2. The molecular formula is C14H18ClNO4. The highest BCUT2D eigenvalue weighted by molar-refractivity contribution is 6.30. The number of carbonyl (C=O) groups excluding carboxylic acids is 1. The summed E-state index contributed by atoms with van der Waals surface area (Å²) in [4.78, 5) is 22.7. The van der Waals surface area contributed by atoms with E-state index in [2.05, 4.69) is 5.32 Å². The maximum Gasteiger partial charge on any atom is 0.408 e. The van der Waals surface area contributed by atoms with Crippen LogP contribution in [0.4, 0.5) is 4.79 Å². The Hall–Kier alpha value is -1.75. The molecule has 1 aromatic rings. The molecule has 1 amide bonds. The molecule has 0 aliphatic heterocycles. The van der Waals surface area contributed by atoms with E-state index in [0.29, 0.717) is 11.4 Å². The van der Waals surface area contributed by atoms with Crippen molar-refractivity contribution in [2.75, 3.05) is 0 Å². The van der Waals surface area contributed by atoms with Crippen molar-refractivity contribution in [3.05, 3.63) is 34.9 Å². The summed E-state index contributed by atoms with van der Waals surface area (Å²) in [5, 5.41) is 12.1. The molecule has 6 heteroatoms. The van der Waals surface area contributed by atoms with Crippen LogP contribution in [0.1, 0.15) is 25.8 Å². The van der Waals surface area contributed by atoms with Crippen molar-refractivity contribution in [2.45, 2.75) is 38.8 Å². The van der Waals surface area contributed by atoms with Crippen LogP contribution in [0, 0.1) is 0 Å². The van der Waals surface area contributed by atoms with Gasteiger partial charge in [0.15, 0.2) is 0 Å². The molecule has 2 N–H and O–H groups in total. The van der Waals surface area contributed by atoms with Crippen molar-refractivity contribution in [1.29, 1.82) is 0 Å². The van der Waals surface area contributed by atoms with E-state index in [1.54, 1.807) is 31.2 Å². The Morgan fingerprint density at radius 1 is 1.35 bits per heavy atom. The number of amides is 1. The summed E-state index contributed by atoms with van der Waals surface area (Å²) in [5.74, 6) is -1.11. The summed E-state index contributed by atoms with van der Waals surface area (Å²) in [5.41, 5.74) is 0.769. The van der Waals surface area contributed by atoms with E-state index in [-0.39, 0.29) is 12.5 Å². The third-order valence-corrected chi connectivity index (χ3v) is 3.08. The van der Waals surface area contributed by atoms with E-state index < -0.39 is 18.1 Å². The number of carboxylic acid groups (broad SMARTS) is 1. The van der Waals surface area contributed by atoms with Gasteiger partial charge in [-0.15, -0.1) is 0 Å². The van der Waals surface area contributed by atoms with Crippen molar-refractivity contribution >= 4 is 23.7 Å². The van der Waals surface area contributed by atoms with Gasteiger partial charge in [-0.1, -0.05) is 30.7 Å². The van der Waals surface area contributed by atoms with E-state index >= 15 is 0 Å². The molecule has 0 unspecified atom stereocenters. The van der Waals surface area contributed by atoms with Gasteiger partial charge in [-0.05, 0) is 31.0 Å². The smallest absolute Gasteiger partial charge is 0.408 e. The Morgan fingerprint density at radius 3 is 2.45 bits per heavy atom. The first-order valence-corrected chi connectivity index (χ1v) is 6.74. The molecule has 1 aromatic carbocycles. The number of hydrogen-bond acceptors (Lipinski definition) is 3. The second-order valence-corrected chi connectivity index (χ2v) is 4.93. The summed E-state index contributed by atoms with van der Waals surface area (Å²) in [6.45, 7) is 3.62. The predicted molar refractivity (Wildman–Crippen MR) is 75.9 cm³/mol. The van der Waals surface area contributed by atoms with E-state index in [4.69, 9.17) is 21.4 Å². The number of aliphatic carboxylic acids is 1. The van der Waals surface area contributed by atoms with E-state index in [9.17, 15) is 9.59 Å². The fourth-order valence-electron chi connectivity index (χ4n) is 1.50. The van der Waals surface area contributed by atoms with Crippen molar-refractivity contribution in [3.63, 3.8) is 0 Å². The van der Waals surface area contributed by atoms with Gasteiger partial charge in [-0.3, -0.25) is 0 Å². The van der Waals surface area contributed by atoms with Crippen molar-refractivity contribution in [1.82, 2.24) is 5.32 Å². The van der Waals surface area contributed by atoms with Gasteiger partial charge in [-0.2, -0.15) is 0 Å². The van der Waals surface area contributed by atoms with Crippen LogP contribution in [-0.2, 0) is 16.0 Å². The number of halogens is 1. The van der Waals surface area contributed by atoms with Gasteiger partial charge in [0.05, 0.1) is 0 Å². The minimum atomic E-state index is -1.11. The second-order valence-electron chi connectivity index (χ2n) is 4.49. The topological polar surface area (TPSA) is 75.6 Å². The average molecular weight is 300 g/mol. The van der Waals surface area contributed by atoms with Gasteiger partial charge >= 0.3 is 12.1 Å². The number of rotatable bonds is 6. The molecular weight excluding hydrogens is 282 g/mol. The lowest BCUT2D eigenvalue weighted by atomic mass is 10.1. The quantitative estimate of drug-likeness (QED) is 0.847. The highest BCUT2D eigenvalue weighted by atomic mass is 35.5. The van der Waals surface area contributed by atoms with Crippen LogP contribution in [-0.4, -0.2) is 29.3 Å². The minimum Gasteiger partial charge on any atom is -0.480 e. The Balaban J connectivity index is 2.63. The van der Waals surface area contributed by atoms with Crippen LogP contribution in [0.2, 0.25) is 5.02 Å². The summed E-state index contributed by atoms with van der Waals surface area (Å²) < 4.78 is 5.00. The number of benzene rings is 1. The van der Waals surface area contributed by atoms with Gasteiger partial charge in [0.1, 0.15) is 12.1 Å². The fourth-order valence-corrected chi connectivity index (χ4v) is 1.62. The summed E-state index contributed by atoms with van der Waals surface area (Å²) >= 11 is 5.76. The van der Waals surface area contributed by atoms with Crippen LogP contribution in [0.25, 0.3) is 0 Å². The number of alkyl carbamates (subject to hydrolysis) is 1. The van der Waals surface area contributed by atoms with Gasteiger partial charge in [0.2, 0.25) is 0 Å². The minimum absolute atomic E-state index is 0.169. The van der Waals surface area contributed by atoms with Gasteiger partial charge < -0.3 is 15.2 Å². The summed E-state index contributed by atoms with van der Waals surface area (Å²) in [6, 6.07) is 5.76. The molecule has 0 saturated heterocycles. The van der Waals surface area contributed by atoms with E-state index in [1.165, 1.54) is 0 Å². The van der Waals surface area contributed by atoms with Crippen molar-refractivity contribution in [2.24, 2.45) is 0 Å². The Morgan fingerprint density at radius 2 is 1.95 bits per heavy atom. The molecule has 110 valence electrons. The van der Waals surface area contributed by atoms with Gasteiger partial charge in [0, 0.05) is 11.4 Å². The molecule has 2 atom stereocenters. The Labute approximate surface area is 122 Å². The molecule has 5 nitrogen and oxygen atoms in total. The molecule has 0 aliphatic rings. The first-order chi connectivity index (χ1) is 9.42. The second kappa shape index (κ2) is 7.75. The molecule has 0 spiro atoms. The maximum atomic E-state index is 11.6. The Kier molecular flexibility index (Phi) is 6.31. The number of ether oxygens (including phenoxy) is 1. The van der Waals surface area contributed by atoms with Crippen LogP contribution < -0.4 is 5.32 Å². The molecule has 0 saturated carbocycles. The molecule has 0 radical (unpaired) electrons.